The van der Waals surface area contributed by atoms with E-state index in [-0.39, 0.29) is 6.04 Å². The van der Waals surface area contributed by atoms with Gasteiger partial charge < -0.3 is 19.7 Å². The first-order valence-electron chi connectivity index (χ1n) is 6.17. The molecule has 1 aromatic rings. The van der Waals surface area contributed by atoms with Crippen molar-refractivity contribution in [2.75, 3.05) is 41.9 Å². The van der Waals surface area contributed by atoms with E-state index in [2.05, 4.69) is 24.3 Å². The molecule has 18 heavy (non-hydrogen) atoms. The molecule has 102 valence electrons. The summed E-state index contributed by atoms with van der Waals surface area (Å²) in [5.74, 6) is 1.74. The predicted octanol–water partition coefficient (Wildman–Crippen LogP) is 1.92. The van der Waals surface area contributed by atoms with Gasteiger partial charge >= 0.3 is 0 Å². The normalized spacial score (nSPS) is 12.6. The van der Waals surface area contributed by atoms with Gasteiger partial charge in [-0.3, -0.25) is 0 Å². The van der Waals surface area contributed by atoms with Crippen LogP contribution in [0.4, 0.5) is 0 Å². The molecule has 0 aromatic heterocycles. The van der Waals surface area contributed by atoms with Crippen LogP contribution in [-0.2, 0) is 0 Å². The van der Waals surface area contributed by atoms with Gasteiger partial charge in [-0.25, -0.2) is 0 Å². The van der Waals surface area contributed by atoms with E-state index in [1.165, 1.54) is 0 Å². The molecule has 0 saturated heterocycles. The number of ether oxygens (including phenoxy) is 2. The van der Waals surface area contributed by atoms with E-state index in [1.54, 1.807) is 14.2 Å². The molecule has 1 aromatic carbocycles. The maximum absolute atomic E-state index is 5.44. The number of rotatable bonds is 7. The van der Waals surface area contributed by atoms with E-state index >= 15 is 0 Å². The van der Waals surface area contributed by atoms with Crippen molar-refractivity contribution in [3.05, 3.63) is 23.8 Å². The maximum Gasteiger partial charge on any atom is 0.127 e. The van der Waals surface area contributed by atoms with Crippen LogP contribution in [0.2, 0.25) is 0 Å². The van der Waals surface area contributed by atoms with E-state index in [0.717, 1.165) is 30.0 Å². The first kappa shape index (κ1) is 14.8. The Hall–Kier alpha value is -1.26. The molecule has 4 heteroatoms. The summed E-state index contributed by atoms with van der Waals surface area (Å²) >= 11 is 0. The van der Waals surface area contributed by atoms with Crippen LogP contribution in [0.15, 0.2) is 18.2 Å². The van der Waals surface area contributed by atoms with E-state index in [4.69, 9.17) is 9.47 Å². The van der Waals surface area contributed by atoms with Gasteiger partial charge in [0.25, 0.3) is 0 Å². The zero-order valence-electron chi connectivity index (χ0n) is 12.0. The topological polar surface area (TPSA) is 33.7 Å². The predicted molar refractivity (Wildman–Crippen MR) is 74.5 cm³/mol. The average molecular weight is 252 g/mol. The van der Waals surface area contributed by atoms with E-state index in [1.807, 2.05) is 25.2 Å². The number of nitrogens with one attached hydrogen (secondary N) is 1. The molecule has 1 N–H and O–H groups in total. The van der Waals surface area contributed by atoms with Gasteiger partial charge in [-0.15, -0.1) is 0 Å². The van der Waals surface area contributed by atoms with Gasteiger partial charge in [0.05, 0.1) is 19.8 Å². The molecule has 0 aliphatic rings. The van der Waals surface area contributed by atoms with Crippen molar-refractivity contribution in [2.24, 2.45) is 0 Å². The minimum Gasteiger partial charge on any atom is -0.496 e. The lowest BCUT2D eigenvalue weighted by Crippen LogP contribution is -2.23. The zero-order chi connectivity index (χ0) is 13.5. The smallest absolute Gasteiger partial charge is 0.127 e. The molecule has 0 spiro atoms. The first-order valence-corrected chi connectivity index (χ1v) is 6.17. The third kappa shape index (κ3) is 3.62. The molecule has 0 bridgehead atoms. The van der Waals surface area contributed by atoms with Crippen molar-refractivity contribution < 1.29 is 9.47 Å². The van der Waals surface area contributed by atoms with Crippen molar-refractivity contribution in [1.29, 1.82) is 0 Å². The fourth-order valence-electron chi connectivity index (χ4n) is 2.04. The molecule has 0 amide bonds. The Morgan fingerprint density at radius 2 is 1.72 bits per heavy atom. The molecule has 1 rings (SSSR count). The SMILES string of the molecule is CNC(CCN(C)C)c1c(OC)cccc1OC. The largest absolute Gasteiger partial charge is 0.496 e. The summed E-state index contributed by atoms with van der Waals surface area (Å²) in [5.41, 5.74) is 1.09. The van der Waals surface area contributed by atoms with Crippen molar-refractivity contribution in [2.45, 2.75) is 12.5 Å². The molecule has 0 fully saturated rings. The molecular weight excluding hydrogens is 228 g/mol. The van der Waals surface area contributed by atoms with Crippen LogP contribution >= 0.6 is 0 Å². The molecule has 0 aliphatic heterocycles. The van der Waals surface area contributed by atoms with Crippen LogP contribution in [-0.4, -0.2) is 46.8 Å². The van der Waals surface area contributed by atoms with Crippen LogP contribution in [0.1, 0.15) is 18.0 Å². The van der Waals surface area contributed by atoms with Crippen LogP contribution < -0.4 is 14.8 Å². The lowest BCUT2D eigenvalue weighted by Gasteiger charge is -2.23. The van der Waals surface area contributed by atoms with Crippen molar-refractivity contribution >= 4 is 0 Å². The highest BCUT2D eigenvalue weighted by Crippen LogP contribution is 2.35. The molecule has 1 unspecified atom stereocenters. The first-order chi connectivity index (χ1) is 8.63. The molecule has 0 radical (unpaired) electrons. The van der Waals surface area contributed by atoms with Crippen LogP contribution in [0, 0.1) is 0 Å². The molecule has 4 nitrogen and oxygen atoms in total. The van der Waals surface area contributed by atoms with Crippen molar-refractivity contribution in [1.82, 2.24) is 10.2 Å². The Bertz CT molecular complexity index is 345. The van der Waals surface area contributed by atoms with Crippen LogP contribution in [0.5, 0.6) is 11.5 Å². The van der Waals surface area contributed by atoms with Gasteiger partial charge in [0, 0.05) is 6.04 Å². The lowest BCUT2D eigenvalue weighted by atomic mass is 10.0. The monoisotopic (exact) mass is 252 g/mol. The standard InChI is InChI=1S/C14H24N2O2/c1-15-11(9-10-16(2)3)14-12(17-4)7-6-8-13(14)18-5/h6-8,11,15H,9-10H2,1-5H3. The van der Waals surface area contributed by atoms with E-state index in [0.29, 0.717) is 0 Å². The fraction of sp³-hybridized carbons (Fsp3) is 0.571. The third-order valence-electron chi connectivity index (χ3n) is 3.03. The van der Waals surface area contributed by atoms with Crippen molar-refractivity contribution in [3.63, 3.8) is 0 Å². The summed E-state index contributed by atoms with van der Waals surface area (Å²) < 4.78 is 10.9. The molecule has 1 atom stereocenters. The molecule has 0 heterocycles. The van der Waals surface area contributed by atoms with Crippen molar-refractivity contribution in [3.8, 4) is 11.5 Å². The minimum absolute atomic E-state index is 0.221. The number of methoxy groups -OCH3 is 2. The summed E-state index contributed by atoms with van der Waals surface area (Å²) in [5, 5.41) is 3.34. The third-order valence-corrected chi connectivity index (χ3v) is 3.03. The van der Waals surface area contributed by atoms with Crippen LogP contribution in [0.25, 0.3) is 0 Å². The van der Waals surface area contributed by atoms with Crippen LogP contribution in [0.3, 0.4) is 0 Å². The number of hydrogen-bond acceptors (Lipinski definition) is 4. The Morgan fingerprint density at radius 3 is 2.11 bits per heavy atom. The Balaban J connectivity index is 3.02. The van der Waals surface area contributed by atoms with Gasteiger partial charge in [0.15, 0.2) is 0 Å². The number of nitrogens with zero attached hydrogens (tertiary/aromatic N) is 1. The number of hydrogen-bond donors (Lipinski definition) is 1. The van der Waals surface area contributed by atoms with Gasteiger partial charge in [0.2, 0.25) is 0 Å². The van der Waals surface area contributed by atoms with Gasteiger partial charge in [-0.2, -0.15) is 0 Å². The highest BCUT2D eigenvalue weighted by Gasteiger charge is 2.19. The van der Waals surface area contributed by atoms with Gasteiger partial charge in [0.1, 0.15) is 11.5 Å². The summed E-state index contributed by atoms with van der Waals surface area (Å²) in [6, 6.07) is 6.11. The minimum atomic E-state index is 0.221. The zero-order valence-corrected chi connectivity index (χ0v) is 12.0. The van der Waals surface area contributed by atoms with Gasteiger partial charge in [-0.05, 0) is 46.2 Å². The highest BCUT2D eigenvalue weighted by molar-refractivity contribution is 5.47. The maximum atomic E-state index is 5.44. The molecule has 0 aliphatic carbocycles. The summed E-state index contributed by atoms with van der Waals surface area (Å²) in [6.07, 6.45) is 1.00. The van der Waals surface area contributed by atoms with E-state index in [9.17, 15) is 0 Å². The molecular formula is C14H24N2O2. The Labute approximate surface area is 110 Å². The highest BCUT2D eigenvalue weighted by atomic mass is 16.5. The lowest BCUT2D eigenvalue weighted by molar-refractivity contribution is 0.343. The second-order valence-corrected chi connectivity index (χ2v) is 4.51. The average Bonchev–Trinajstić information content (AvgIpc) is 2.39. The quantitative estimate of drug-likeness (QED) is 0.804. The second-order valence-electron chi connectivity index (χ2n) is 4.51. The fourth-order valence-corrected chi connectivity index (χ4v) is 2.04. The summed E-state index contributed by atoms with van der Waals surface area (Å²) in [4.78, 5) is 2.17. The Morgan fingerprint density at radius 1 is 1.17 bits per heavy atom. The Kier molecular flexibility index (Phi) is 5.95. The van der Waals surface area contributed by atoms with Gasteiger partial charge in [-0.1, -0.05) is 6.07 Å². The summed E-state index contributed by atoms with van der Waals surface area (Å²) in [7, 11) is 9.50. The molecule has 0 saturated carbocycles. The number of benzene rings is 1. The van der Waals surface area contributed by atoms with E-state index < -0.39 is 0 Å². The second kappa shape index (κ2) is 7.24. The summed E-state index contributed by atoms with van der Waals surface area (Å²) in [6.45, 7) is 1.01.